The fourth-order valence-corrected chi connectivity index (χ4v) is 1.85. The Labute approximate surface area is 77.3 Å². The summed E-state index contributed by atoms with van der Waals surface area (Å²) in [6.45, 7) is 2.80. The van der Waals surface area contributed by atoms with Gasteiger partial charge in [0.15, 0.2) is 0 Å². The summed E-state index contributed by atoms with van der Waals surface area (Å²) in [6, 6.07) is 6.22. The molecule has 1 aromatic carbocycles. The third-order valence-electron chi connectivity index (χ3n) is 2.30. The summed E-state index contributed by atoms with van der Waals surface area (Å²) in [5.74, 6) is 2.08. The number of hydrogen-bond donors (Lipinski definition) is 0. The number of fused-ring (bicyclic) bond motifs is 1. The lowest BCUT2D eigenvalue weighted by Gasteiger charge is -2.03. The van der Waals surface area contributed by atoms with E-state index in [2.05, 4.69) is 25.1 Å². The fraction of sp³-hybridized carbons (Fsp3) is 0.400. The first-order valence-electron chi connectivity index (χ1n) is 4.11. The van der Waals surface area contributed by atoms with Crippen LogP contribution in [0.4, 0.5) is 0 Å². The zero-order valence-electron chi connectivity index (χ0n) is 7.01. The van der Waals surface area contributed by atoms with E-state index in [4.69, 9.17) is 16.3 Å². The van der Waals surface area contributed by atoms with E-state index in [1.807, 2.05) is 0 Å². The Hall–Kier alpha value is -0.690. The van der Waals surface area contributed by atoms with Gasteiger partial charge in [0.05, 0.1) is 6.61 Å². The molecule has 1 aliphatic rings. The van der Waals surface area contributed by atoms with Gasteiger partial charge in [-0.1, -0.05) is 18.2 Å². The van der Waals surface area contributed by atoms with E-state index >= 15 is 0 Å². The van der Waals surface area contributed by atoms with Crippen LogP contribution in [-0.2, 0) is 0 Å². The number of para-hydroxylation sites is 1. The minimum atomic E-state index is 0.390. The van der Waals surface area contributed by atoms with Gasteiger partial charge in [-0.3, -0.25) is 0 Å². The molecule has 64 valence electrons. The number of benzene rings is 1. The molecule has 2 heteroatoms. The van der Waals surface area contributed by atoms with Crippen molar-refractivity contribution in [2.75, 3.05) is 12.5 Å². The van der Waals surface area contributed by atoms with Crippen LogP contribution in [0, 0.1) is 6.92 Å². The summed E-state index contributed by atoms with van der Waals surface area (Å²) in [7, 11) is 0. The van der Waals surface area contributed by atoms with E-state index in [9.17, 15) is 0 Å². The van der Waals surface area contributed by atoms with E-state index in [-0.39, 0.29) is 0 Å². The molecule has 1 aromatic rings. The predicted molar refractivity (Wildman–Crippen MR) is 50.1 cm³/mol. The summed E-state index contributed by atoms with van der Waals surface area (Å²) in [6.07, 6.45) is 0. The van der Waals surface area contributed by atoms with Crippen LogP contribution in [0.25, 0.3) is 0 Å². The summed E-state index contributed by atoms with van der Waals surface area (Å²) in [4.78, 5) is 0. The zero-order chi connectivity index (χ0) is 8.55. The smallest absolute Gasteiger partial charge is 0.125 e. The summed E-state index contributed by atoms with van der Waals surface area (Å²) in [5.41, 5.74) is 2.48. The highest BCUT2D eigenvalue weighted by molar-refractivity contribution is 6.18. The van der Waals surface area contributed by atoms with Crippen molar-refractivity contribution >= 4 is 11.6 Å². The van der Waals surface area contributed by atoms with Gasteiger partial charge in [0.2, 0.25) is 0 Å². The molecule has 0 radical (unpaired) electrons. The van der Waals surface area contributed by atoms with Crippen LogP contribution in [0.2, 0.25) is 0 Å². The van der Waals surface area contributed by atoms with E-state index in [1.165, 1.54) is 11.1 Å². The maximum atomic E-state index is 5.81. The van der Waals surface area contributed by atoms with Crippen LogP contribution >= 0.6 is 11.6 Å². The van der Waals surface area contributed by atoms with E-state index in [1.54, 1.807) is 0 Å². The minimum Gasteiger partial charge on any atom is -0.492 e. The van der Waals surface area contributed by atoms with Crippen LogP contribution < -0.4 is 4.74 Å². The normalized spacial score (nSPS) is 20.3. The van der Waals surface area contributed by atoms with Crippen LogP contribution in [0.15, 0.2) is 18.2 Å². The van der Waals surface area contributed by atoms with Crippen molar-refractivity contribution in [1.82, 2.24) is 0 Å². The van der Waals surface area contributed by atoms with Crippen LogP contribution in [0.1, 0.15) is 17.0 Å². The third-order valence-corrected chi connectivity index (χ3v) is 2.67. The number of rotatable bonds is 1. The lowest BCUT2D eigenvalue weighted by Crippen LogP contribution is -2.00. The predicted octanol–water partition coefficient (Wildman–Crippen LogP) is 2.71. The largest absolute Gasteiger partial charge is 0.492 e. The van der Waals surface area contributed by atoms with Crippen molar-refractivity contribution in [2.45, 2.75) is 12.8 Å². The van der Waals surface area contributed by atoms with Crippen molar-refractivity contribution < 1.29 is 4.74 Å². The van der Waals surface area contributed by atoms with E-state index in [0.717, 1.165) is 12.4 Å². The Bertz CT molecular complexity index is 296. The number of alkyl halides is 1. The molecule has 0 spiro atoms. The van der Waals surface area contributed by atoms with Gasteiger partial charge in [0.25, 0.3) is 0 Å². The van der Waals surface area contributed by atoms with Gasteiger partial charge in [-0.15, -0.1) is 11.6 Å². The number of hydrogen-bond acceptors (Lipinski definition) is 1. The molecule has 1 nitrogen and oxygen atoms in total. The molecular formula is C10H11ClO. The lowest BCUT2D eigenvalue weighted by atomic mass is 10.0. The summed E-state index contributed by atoms with van der Waals surface area (Å²) >= 11 is 5.81. The van der Waals surface area contributed by atoms with Crippen molar-refractivity contribution in [1.29, 1.82) is 0 Å². The number of halogens is 1. The average molecular weight is 183 g/mol. The third kappa shape index (κ3) is 1.09. The molecule has 0 saturated heterocycles. The van der Waals surface area contributed by atoms with Crippen LogP contribution in [-0.4, -0.2) is 12.5 Å². The highest BCUT2D eigenvalue weighted by Gasteiger charge is 2.23. The molecular weight excluding hydrogens is 172 g/mol. The standard InChI is InChI=1S/C10H11ClO/c1-7-3-2-4-9-8(5-11)6-12-10(7)9/h2-4,8H,5-6H2,1H3. The molecule has 1 aliphatic heterocycles. The first-order valence-corrected chi connectivity index (χ1v) is 4.64. The lowest BCUT2D eigenvalue weighted by molar-refractivity contribution is 0.336. The van der Waals surface area contributed by atoms with E-state index < -0.39 is 0 Å². The number of aryl methyl sites for hydroxylation is 1. The second kappa shape index (κ2) is 2.98. The Balaban J connectivity index is 2.46. The SMILES string of the molecule is Cc1cccc2c1OCC2CCl. The van der Waals surface area contributed by atoms with Gasteiger partial charge in [-0.2, -0.15) is 0 Å². The Morgan fingerprint density at radius 3 is 3.17 bits per heavy atom. The number of ether oxygens (including phenoxy) is 1. The molecule has 0 bridgehead atoms. The summed E-state index contributed by atoms with van der Waals surface area (Å²) in [5, 5.41) is 0. The summed E-state index contributed by atoms with van der Waals surface area (Å²) < 4.78 is 5.55. The molecule has 0 aromatic heterocycles. The topological polar surface area (TPSA) is 9.23 Å². The van der Waals surface area contributed by atoms with Gasteiger partial charge >= 0.3 is 0 Å². The second-order valence-electron chi connectivity index (χ2n) is 3.16. The van der Waals surface area contributed by atoms with Gasteiger partial charge in [0, 0.05) is 17.4 Å². The van der Waals surface area contributed by atoms with Gasteiger partial charge < -0.3 is 4.74 Å². The molecule has 0 N–H and O–H groups in total. The molecule has 0 aliphatic carbocycles. The van der Waals surface area contributed by atoms with Crippen LogP contribution in [0.3, 0.4) is 0 Å². The fourth-order valence-electron chi connectivity index (χ4n) is 1.60. The minimum absolute atomic E-state index is 0.390. The molecule has 1 unspecified atom stereocenters. The van der Waals surface area contributed by atoms with Crippen molar-refractivity contribution in [2.24, 2.45) is 0 Å². The van der Waals surface area contributed by atoms with Gasteiger partial charge in [-0.25, -0.2) is 0 Å². The van der Waals surface area contributed by atoms with Crippen LogP contribution in [0.5, 0.6) is 5.75 Å². The highest BCUT2D eigenvalue weighted by atomic mass is 35.5. The van der Waals surface area contributed by atoms with Crippen molar-refractivity contribution in [3.8, 4) is 5.75 Å². The van der Waals surface area contributed by atoms with E-state index in [0.29, 0.717) is 11.8 Å². The molecule has 1 atom stereocenters. The molecule has 0 saturated carbocycles. The molecule has 2 rings (SSSR count). The average Bonchev–Trinajstić information content (AvgIpc) is 2.49. The van der Waals surface area contributed by atoms with Crippen molar-refractivity contribution in [3.05, 3.63) is 29.3 Å². The Morgan fingerprint density at radius 1 is 1.58 bits per heavy atom. The zero-order valence-corrected chi connectivity index (χ0v) is 7.77. The Morgan fingerprint density at radius 2 is 2.42 bits per heavy atom. The first-order chi connectivity index (χ1) is 5.83. The monoisotopic (exact) mass is 182 g/mol. The first kappa shape index (κ1) is 7.93. The second-order valence-corrected chi connectivity index (χ2v) is 3.46. The maximum absolute atomic E-state index is 5.81. The van der Waals surface area contributed by atoms with Gasteiger partial charge in [0.1, 0.15) is 5.75 Å². The molecule has 0 amide bonds. The van der Waals surface area contributed by atoms with Crippen molar-refractivity contribution in [3.63, 3.8) is 0 Å². The van der Waals surface area contributed by atoms with Gasteiger partial charge in [-0.05, 0) is 12.5 Å². The Kier molecular flexibility index (Phi) is 1.97. The quantitative estimate of drug-likeness (QED) is 0.607. The molecule has 1 heterocycles. The molecule has 0 fully saturated rings. The highest BCUT2D eigenvalue weighted by Crippen LogP contribution is 2.36. The molecule has 12 heavy (non-hydrogen) atoms. The maximum Gasteiger partial charge on any atom is 0.125 e.